The third-order valence-electron chi connectivity index (χ3n) is 2.90. The van der Waals surface area contributed by atoms with E-state index in [9.17, 15) is 4.79 Å². The van der Waals surface area contributed by atoms with Gasteiger partial charge in [-0.2, -0.15) is 0 Å². The van der Waals surface area contributed by atoms with Gasteiger partial charge in [0.25, 0.3) is 0 Å². The molecule has 0 saturated carbocycles. The highest BCUT2D eigenvalue weighted by Gasteiger charge is 2.12. The summed E-state index contributed by atoms with van der Waals surface area (Å²) in [6.45, 7) is 2.37. The fourth-order valence-corrected chi connectivity index (χ4v) is 1.84. The number of carbonyl (C=O) groups excluding carboxylic acids is 1. The van der Waals surface area contributed by atoms with Crippen LogP contribution in [0.4, 0.5) is 0 Å². The largest absolute Gasteiger partial charge is 0.468 e. The molecule has 0 amide bonds. The molecule has 4 nitrogen and oxygen atoms in total. The second kappa shape index (κ2) is 5.60. The van der Waals surface area contributed by atoms with E-state index in [4.69, 9.17) is 0 Å². The molecule has 1 aromatic heterocycles. The molecule has 2 rings (SSSR count). The predicted molar refractivity (Wildman–Crippen MR) is 70.1 cm³/mol. The van der Waals surface area contributed by atoms with E-state index in [1.165, 1.54) is 7.11 Å². The van der Waals surface area contributed by atoms with Gasteiger partial charge in [-0.25, -0.2) is 0 Å². The lowest BCUT2D eigenvalue weighted by atomic mass is 10.1. The molecule has 4 heteroatoms. The minimum absolute atomic E-state index is 0.261. The molecule has 0 spiro atoms. The quantitative estimate of drug-likeness (QED) is 0.834. The number of hydrogen-bond acceptors (Lipinski definition) is 4. The highest BCUT2D eigenvalue weighted by molar-refractivity contribution is 5.84. The number of benzene rings is 1. The van der Waals surface area contributed by atoms with Gasteiger partial charge in [-0.1, -0.05) is 24.3 Å². The van der Waals surface area contributed by atoms with Crippen LogP contribution in [0.3, 0.4) is 0 Å². The number of pyridine rings is 1. The van der Waals surface area contributed by atoms with Crippen molar-refractivity contribution in [3.63, 3.8) is 0 Å². The van der Waals surface area contributed by atoms with Crippen LogP contribution in [0.25, 0.3) is 10.8 Å². The van der Waals surface area contributed by atoms with Crippen molar-refractivity contribution < 1.29 is 9.53 Å². The van der Waals surface area contributed by atoms with Gasteiger partial charge in [-0.05, 0) is 17.9 Å². The molecule has 18 heavy (non-hydrogen) atoms. The summed E-state index contributed by atoms with van der Waals surface area (Å²) in [7, 11) is 1.39. The van der Waals surface area contributed by atoms with Gasteiger partial charge in [0, 0.05) is 24.3 Å². The van der Waals surface area contributed by atoms with Gasteiger partial charge in [-0.3, -0.25) is 9.78 Å². The zero-order valence-corrected chi connectivity index (χ0v) is 10.5. The molecule has 94 valence electrons. The van der Waals surface area contributed by atoms with Crippen molar-refractivity contribution in [3.8, 4) is 0 Å². The van der Waals surface area contributed by atoms with Crippen LogP contribution in [0.5, 0.6) is 0 Å². The molecule has 0 aliphatic rings. The summed E-state index contributed by atoms with van der Waals surface area (Å²) in [6.07, 6.45) is 3.65. The van der Waals surface area contributed by atoms with Crippen molar-refractivity contribution in [3.05, 3.63) is 42.2 Å². The molecule has 1 N–H and O–H groups in total. The van der Waals surface area contributed by atoms with Crippen molar-refractivity contribution in [1.29, 1.82) is 0 Å². The van der Waals surface area contributed by atoms with Crippen molar-refractivity contribution in [2.75, 3.05) is 7.11 Å². The summed E-state index contributed by atoms with van der Waals surface area (Å²) in [6, 6.07) is 7.73. The van der Waals surface area contributed by atoms with Crippen LogP contribution in [-0.2, 0) is 16.1 Å². The second-order valence-electron chi connectivity index (χ2n) is 4.15. The summed E-state index contributed by atoms with van der Waals surface area (Å²) in [5, 5.41) is 5.38. The van der Waals surface area contributed by atoms with Crippen molar-refractivity contribution in [2.24, 2.45) is 0 Å². The minimum atomic E-state index is -0.325. The van der Waals surface area contributed by atoms with E-state index in [1.54, 1.807) is 6.92 Å². The van der Waals surface area contributed by atoms with Gasteiger partial charge in [-0.15, -0.1) is 0 Å². The molecule has 0 saturated heterocycles. The lowest BCUT2D eigenvalue weighted by Crippen LogP contribution is -2.34. The molecule has 2 aromatic rings. The third-order valence-corrected chi connectivity index (χ3v) is 2.90. The van der Waals surface area contributed by atoms with E-state index in [0.717, 1.165) is 16.3 Å². The van der Waals surface area contributed by atoms with Crippen molar-refractivity contribution in [1.82, 2.24) is 10.3 Å². The molecule has 0 radical (unpaired) electrons. The van der Waals surface area contributed by atoms with E-state index in [0.29, 0.717) is 6.54 Å². The molecule has 1 aromatic carbocycles. The zero-order chi connectivity index (χ0) is 13.0. The average Bonchev–Trinajstić information content (AvgIpc) is 2.43. The number of esters is 1. The Kier molecular flexibility index (Phi) is 3.89. The van der Waals surface area contributed by atoms with Crippen LogP contribution in [0.15, 0.2) is 36.7 Å². The number of fused-ring (bicyclic) bond motifs is 1. The lowest BCUT2D eigenvalue weighted by Gasteiger charge is -2.12. The first kappa shape index (κ1) is 12.5. The van der Waals surface area contributed by atoms with Crippen LogP contribution in [-0.4, -0.2) is 24.1 Å². The van der Waals surface area contributed by atoms with Gasteiger partial charge in [0.2, 0.25) is 0 Å². The average molecular weight is 244 g/mol. The molecule has 1 atom stereocenters. The summed E-state index contributed by atoms with van der Waals surface area (Å²) >= 11 is 0. The first-order valence-electron chi connectivity index (χ1n) is 5.85. The fraction of sp³-hybridized carbons (Fsp3) is 0.286. The van der Waals surface area contributed by atoms with E-state index in [1.807, 2.05) is 30.6 Å². The van der Waals surface area contributed by atoms with Crippen molar-refractivity contribution in [2.45, 2.75) is 19.5 Å². The number of nitrogens with zero attached hydrogens (tertiary/aromatic N) is 1. The van der Waals surface area contributed by atoms with E-state index in [-0.39, 0.29) is 12.0 Å². The van der Waals surface area contributed by atoms with E-state index >= 15 is 0 Å². The molecule has 0 fully saturated rings. The summed E-state index contributed by atoms with van der Waals surface area (Å²) in [5.74, 6) is -0.261. The Balaban J connectivity index is 2.15. The minimum Gasteiger partial charge on any atom is -0.468 e. The maximum absolute atomic E-state index is 11.3. The van der Waals surface area contributed by atoms with Gasteiger partial charge < -0.3 is 10.1 Å². The smallest absolute Gasteiger partial charge is 0.322 e. The maximum Gasteiger partial charge on any atom is 0.322 e. The third kappa shape index (κ3) is 2.65. The normalized spacial score (nSPS) is 12.3. The first-order chi connectivity index (χ1) is 8.72. The van der Waals surface area contributed by atoms with Crippen molar-refractivity contribution >= 4 is 16.7 Å². The van der Waals surface area contributed by atoms with Crippen LogP contribution in [0, 0.1) is 0 Å². The Morgan fingerprint density at radius 3 is 2.94 bits per heavy atom. The Hall–Kier alpha value is -1.94. The number of carbonyl (C=O) groups is 1. The number of rotatable bonds is 4. The van der Waals surface area contributed by atoms with Crippen LogP contribution < -0.4 is 5.32 Å². The van der Waals surface area contributed by atoms with Gasteiger partial charge in [0.05, 0.1) is 7.11 Å². The Morgan fingerprint density at radius 2 is 2.17 bits per heavy atom. The molecular weight excluding hydrogens is 228 g/mol. The summed E-state index contributed by atoms with van der Waals surface area (Å²) in [4.78, 5) is 15.5. The van der Waals surface area contributed by atoms with E-state index < -0.39 is 0 Å². The molecule has 0 aliphatic heterocycles. The standard InChI is InChI=1S/C14H16N2O2/c1-10(14(17)18-2)16-9-12-8-15-7-11-5-3-4-6-13(11)12/h3-8,10,16H,9H2,1-2H3/t10-/m0/s1. The lowest BCUT2D eigenvalue weighted by molar-refractivity contribution is -0.142. The number of aromatic nitrogens is 1. The number of hydrogen-bond donors (Lipinski definition) is 1. The topological polar surface area (TPSA) is 51.2 Å². The summed E-state index contributed by atoms with van der Waals surface area (Å²) in [5.41, 5.74) is 1.07. The summed E-state index contributed by atoms with van der Waals surface area (Å²) < 4.78 is 4.67. The predicted octanol–water partition coefficient (Wildman–Crippen LogP) is 1.89. The van der Waals surface area contributed by atoms with Crippen LogP contribution in [0.1, 0.15) is 12.5 Å². The first-order valence-corrected chi connectivity index (χ1v) is 5.85. The van der Waals surface area contributed by atoms with Gasteiger partial charge >= 0.3 is 5.97 Å². The molecule has 1 heterocycles. The Morgan fingerprint density at radius 1 is 1.39 bits per heavy atom. The SMILES string of the molecule is COC(=O)[C@H](C)NCc1cncc2ccccc12. The molecular formula is C14H16N2O2. The zero-order valence-electron chi connectivity index (χ0n) is 10.5. The number of methoxy groups -OCH3 is 1. The molecule has 0 bridgehead atoms. The highest BCUT2D eigenvalue weighted by atomic mass is 16.5. The van der Waals surface area contributed by atoms with Crippen LogP contribution >= 0.6 is 0 Å². The second-order valence-corrected chi connectivity index (χ2v) is 4.15. The molecule has 0 unspecified atom stereocenters. The fourth-order valence-electron chi connectivity index (χ4n) is 1.84. The Bertz CT molecular complexity index is 549. The maximum atomic E-state index is 11.3. The van der Waals surface area contributed by atoms with Crippen LogP contribution in [0.2, 0.25) is 0 Å². The highest BCUT2D eigenvalue weighted by Crippen LogP contribution is 2.16. The number of ether oxygens (including phenoxy) is 1. The van der Waals surface area contributed by atoms with Gasteiger partial charge in [0.15, 0.2) is 0 Å². The monoisotopic (exact) mass is 244 g/mol. The van der Waals surface area contributed by atoms with E-state index in [2.05, 4.69) is 21.1 Å². The Labute approximate surface area is 106 Å². The molecule has 0 aliphatic carbocycles. The number of nitrogens with one attached hydrogen (secondary N) is 1. The van der Waals surface area contributed by atoms with Gasteiger partial charge in [0.1, 0.15) is 6.04 Å².